The number of aromatic nitrogens is 2. The van der Waals surface area contributed by atoms with E-state index in [1.54, 1.807) is 26.0 Å². The van der Waals surface area contributed by atoms with Crippen molar-refractivity contribution < 1.29 is 9.59 Å². The molecule has 1 aromatic rings. The summed E-state index contributed by atoms with van der Waals surface area (Å²) < 4.78 is 3.73. The summed E-state index contributed by atoms with van der Waals surface area (Å²) in [6.07, 6.45) is 1.94. The molecule has 106 valence electrons. The van der Waals surface area contributed by atoms with Crippen molar-refractivity contribution in [3.05, 3.63) is 5.69 Å². The zero-order chi connectivity index (χ0) is 14.4. The summed E-state index contributed by atoms with van der Waals surface area (Å²) in [4.78, 5) is 26.7. The van der Waals surface area contributed by atoms with E-state index in [0.717, 1.165) is 24.4 Å². The molecule has 1 heterocycles. The third-order valence-electron chi connectivity index (χ3n) is 2.51. The quantitative estimate of drug-likeness (QED) is 0.889. The topological polar surface area (TPSA) is 78.4 Å². The number of carbonyl (C=O) groups excluding carboxylic acids is 2. The van der Waals surface area contributed by atoms with E-state index in [9.17, 15) is 9.59 Å². The second-order valence-electron chi connectivity index (χ2n) is 4.36. The van der Waals surface area contributed by atoms with Gasteiger partial charge >= 0.3 is 6.03 Å². The Morgan fingerprint density at radius 3 is 2.58 bits per heavy atom. The Balaban J connectivity index is 2.76. The fourth-order valence-electron chi connectivity index (χ4n) is 1.30. The number of hydrogen-bond acceptors (Lipinski definition) is 5. The van der Waals surface area contributed by atoms with E-state index in [0.29, 0.717) is 11.5 Å². The Hall–Kier alpha value is -1.70. The van der Waals surface area contributed by atoms with Crippen molar-refractivity contribution in [1.29, 1.82) is 0 Å². The van der Waals surface area contributed by atoms with E-state index in [2.05, 4.69) is 21.8 Å². The SMILES string of the molecule is CCCCN(C)C(=O)c1nnsc1NC(=O)N(C)C. The summed E-state index contributed by atoms with van der Waals surface area (Å²) in [5, 5.41) is 6.80. The molecule has 0 fully saturated rings. The smallest absolute Gasteiger partial charge is 0.322 e. The van der Waals surface area contributed by atoms with Gasteiger partial charge in [0.2, 0.25) is 0 Å². The highest BCUT2D eigenvalue weighted by Crippen LogP contribution is 2.19. The van der Waals surface area contributed by atoms with E-state index in [1.807, 2.05) is 0 Å². The Labute approximate surface area is 116 Å². The normalized spacial score (nSPS) is 10.1. The van der Waals surface area contributed by atoms with Crippen molar-refractivity contribution in [3.8, 4) is 0 Å². The Morgan fingerprint density at radius 2 is 2.00 bits per heavy atom. The van der Waals surface area contributed by atoms with Gasteiger partial charge in [0.25, 0.3) is 5.91 Å². The van der Waals surface area contributed by atoms with Crippen molar-refractivity contribution in [1.82, 2.24) is 19.4 Å². The average molecular weight is 285 g/mol. The van der Waals surface area contributed by atoms with Crippen LogP contribution in [0.1, 0.15) is 30.3 Å². The van der Waals surface area contributed by atoms with Crippen LogP contribution in [0.15, 0.2) is 0 Å². The maximum atomic E-state index is 12.1. The predicted octanol–water partition coefficient (Wildman–Crippen LogP) is 1.50. The fraction of sp³-hybridized carbons (Fsp3) is 0.636. The molecule has 3 amide bonds. The summed E-state index contributed by atoms with van der Waals surface area (Å²) in [5.41, 5.74) is 0.193. The van der Waals surface area contributed by atoms with Crippen LogP contribution >= 0.6 is 11.5 Å². The van der Waals surface area contributed by atoms with Crippen LogP contribution in [0, 0.1) is 0 Å². The second-order valence-corrected chi connectivity index (χ2v) is 5.11. The van der Waals surface area contributed by atoms with Gasteiger partial charge in [0.1, 0.15) is 0 Å². The maximum Gasteiger partial charge on any atom is 0.322 e. The van der Waals surface area contributed by atoms with Crippen LogP contribution in [-0.2, 0) is 0 Å². The second kappa shape index (κ2) is 7.03. The van der Waals surface area contributed by atoms with Gasteiger partial charge in [0.15, 0.2) is 10.7 Å². The number of nitrogens with zero attached hydrogens (tertiary/aromatic N) is 4. The first-order valence-corrected chi connectivity index (χ1v) is 6.80. The molecule has 0 aliphatic carbocycles. The van der Waals surface area contributed by atoms with Gasteiger partial charge in [0, 0.05) is 39.2 Å². The van der Waals surface area contributed by atoms with Crippen LogP contribution in [0.25, 0.3) is 0 Å². The predicted molar refractivity (Wildman–Crippen MR) is 74.5 cm³/mol. The minimum atomic E-state index is -0.309. The highest BCUT2D eigenvalue weighted by atomic mass is 32.1. The third kappa shape index (κ3) is 4.16. The van der Waals surface area contributed by atoms with Crippen LogP contribution in [0.2, 0.25) is 0 Å². The average Bonchev–Trinajstić information content (AvgIpc) is 2.82. The lowest BCUT2D eigenvalue weighted by Gasteiger charge is -2.16. The van der Waals surface area contributed by atoms with E-state index >= 15 is 0 Å². The molecular weight excluding hydrogens is 266 g/mol. The lowest BCUT2D eigenvalue weighted by Crippen LogP contribution is -2.31. The number of hydrogen-bond donors (Lipinski definition) is 1. The number of rotatable bonds is 5. The molecule has 1 rings (SSSR count). The van der Waals surface area contributed by atoms with Gasteiger partial charge in [-0.2, -0.15) is 0 Å². The molecule has 0 aromatic carbocycles. The van der Waals surface area contributed by atoms with Crippen molar-refractivity contribution in [2.75, 3.05) is 33.0 Å². The zero-order valence-electron chi connectivity index (χ0n) is 11.6. The molecular formula is C11H19N5O2S. The fourth-order valence-corrected chi connectivity index (χ4v) is 1.85. The molecule has 19 heavy (non-hydrogen) atoms. The van der Waals surface area contributed by atoms with Gasteiger partial charge in [-0.1, -0.05) is 17.8 Å². The van der Waals surface area contributed by atoms with E-state index in [1.165, 1.54) is 4.90 Å². The summed E-state index contributed by atoms with van der Waals surface area (Å²) in [6.45, 7) is 2.72. The van der Waals surface area contributed by atoms with Gasteiger partial charge in [-0.05, 0) is 6.42 Å². The van der Waals surface area contributed by atoms with Gasteiger partial charge in [-0.15, -0.1) is 5.10 Å². The Bertz CT molecular complexity index is 446. The van der Waals surface area contributed by atoms with Crippen molar-refractivity contribution in [2.24, 2.45) is 0 Å². The van der Waals surface area contributed by atoms with Gasteiger partial charge in [-0.25, -0.2) is 4.79 Å². The number of unbranched alkanes of at least 4 members (excludes halogenated alkanes) is 1. The highest BCUT2D eigenvalue weighted by molar-refractivity contribution is 7.10. The molecule has 1 N–H and O–H groups in total. The molecule has 0 aliphatic heterocycles. The molecule has 0 atom stereocenters. The van der Waals surface area contributed by atoms with E-state index < -0.39 is 0 Å². The third-order valence-corrected chi connectivity index (χ3v) is 3.15. The number of anilines is 1. The number of nitrogens with one attached hydrogen (secondary N) is 1. The van der Waals surface area contributed by atoms with Crippen LogP contribution < -0.4 is 5.32 Å². The number of carbonyl (C=O) groups is 2. The molecule has 0 bridgehead atoms. The largest absolute Gasteiger partial charge is 0.340 e. The molecule has 0 saturated heterocycles. The van der Waals surface area contributed by atoms with Crippen LogP contribution in [0.4, 0.5) is 9.80 Å². The number of urea groups is 1. The van der Waals surface area contributed by atoms with Crippen LogP contribution in [0.5, 0.6) is 0 Å². The lowest BCUT2D eigenvalue weighted by molar-refractivity contribution is 0.0788. The summed E-state index contributed by atoms with van der Waals surface area (Å²) in [5.74, 6) is -0.226. The molecule has 7 nitrogen and oxygen atoms in total. The first-order valence-electron chi connectivity index (χ1n) is 6.03. The molecule has 0 spiro atoms. The lowest BCUT2D eigenvalue weighted by atomic mass is 10.3. The van der Waals surface area contributed by atoms with Crippen molar-refractivity contribution >= 4 is 28.5 Å². The molecule has 1 aromatic heterocycles. The van der Waals surface area contributed by atoms with E-state index in [4.69, 9.17) is 0 Å². The molecule has 0 unspecified atom stereocenters. The maximum absolute atomic E-state index is 12.1. The number of amides is 3. The monoisotopic (exact) mass is 285 g/mol. The minimum absolute atomic E-state index is 0.193. The first kappa shape index (κ1) is 15.4. The molecule has 0 radical (unpaired) electrons. The van der Waals surface area contributed by atoms with Crippen LogP contribution in [0.3, 0.4) is 0 Å². The van der Waals surface area contributed by atoms with Gasteiger partial charge < -0.3 is 9.80 Å². The summed E-state index contributed by atoms with van der Waals surface area (Å²) in [7, 11) is 4.96. The van der Waals surface area contributed by atoms with Gasteiger partial charge in [0.05, 0.1) is 0 Å². The minimum Gasteiger partial charge on any atom is -0.340 e. The van der Waals surface area contributed by atoms with Crippen LogP contribution in [-0.4, -0.2) is 59.0 Å². The molecule has 8 heteroatoms. The standard InChI is InChI=1S/C11H19N5O2S/c1-5-6-7-16(4)10(17)8-9(19-14-13-8)12-11(18)15(2)3/h5-7H2,1-4H3,(H,12,18). The van der Waals surface area contributed by atoms with Crippen molar-refractivity contribution in [3.63, 3.8) is 0 Å². The molecule has 0 aliphatic rings. The van der Waals surface area contributed by atoms with Crippen molar-refractivity contribution in [2.45, 2.75) is 19.8 Å². The van der Waals surface area contributed by atoms with Gasteiger partial charge in [-0.3, -0.25) is 10.1 Å². The first-order chi connectivity index (χ1) is 8.97. The Kier molecular flexibility index (Phi) is 5.68. The molecule has 0 saturated carbocycles. The van der Waals surface area contributed by atoms with E-state index in [-0.39, 0.29) is 17.6 Å². The zero-order valence-corrected chi connectivity index (χ0v) is 12.5. The summed E-state index contributed by atoms with van der Waals surface area (Å²) >= 11 is 0.998. The highest BCUT2D eigenvalue weighted by Gasteiger charge is 2.21. The Morgan fingerprint density at radius 1 is 1.32 bits per heavy atom. The summed E-state index contributed by atoms with van der Waals surface area (Å²) in [6, 6.07) is -0.309.